The van der Waals surface area contributed by atoms with E-state index in [1.54, 1.807) is 13.8 Å². The second-order valence-corrected chi connectivity index (χ2v) is 7.13. The minimum absolute atomic E-state index is 0.114. The van der Waals surface area contributed by atoms with Crippen molar-refractivity contribution in [2.75, 3.05) is 18.5 Å². The lowest BCUT2D eigenvalue weighted by molar-refractivity contribution is 0.208. The number of aliphatic hydroxyl groups is 1. The van der Waals surface area contributed by atoms with Crippen molar-refractivity contribution in [3.05, 3.63) is 53.8 Å². The number of halogens is 3. The van der Waals surface area contributed by atoms with Gasteiger partial charge in [-0.1, -0.05) is 0 Å². The number of aromatic nitrogens is 4. The van der Waals surface area contributed by atoms with Crippen LogP contribution in [0.1, 0.15) is 13.8 Å². The fourth-order valence-corrected chi connectivity index (χ4v) is 3.15. The predicted octanol–water partition coefficient (Wildman–Crippen LogP) is 4.42. The van der Waals surface area contributed by atoms with Crippen LogP contribution in [0.4, 0.5) is 19.0 Å². The zero-order chi connectivity index (χ0) is 23.5. The Morgan fingerprint density at radius 2 is 1.79 bits per heavy atom. The third-order valence-corrected chi connectivity index (χ3v) is 4.56. The molecule has 0 aliphatic heterocycles. The molecular weight excluding hydrogens is 439 g/mol. The number of aliphatic hydroxyl groups excluding tert-OH is 1. The Morgan fingerprint density at radius 3 is 2.48 bits per heavy atom. The quantitative estimate of drug-likeness (QED) is 0.358. The molecule has 0 spiro atoms. The summed E-state index contributed by atoms with van der Waals surface area (Å²) in [5.74, 6) is -1.84. The Labute approximate surface area is 186 Å². The molecule has 0 saturated carbocycles. The van der Waals surface area contributed by atoms with Gasteiger partial charge in [0.1, 0.15) is 28.9 Å². The number of nitrogens with one attached hydrogen (secondary N) is 2. The molecule has 0 saturated heterocycles. The first-order valence-electron chi connectivity index (χ1n) is 10.1. The Bertz CT molecular complexity index is 1300. The molecule has 1 unspecified atom stereocenters. The van der Waals surface area contributed by atoms with E-state index in [4.69, 9.17) is 9.47 Å². The highest BCUT2D eigenvalue weighted by Gasteiger charge is 2.21. The first kappa shape index (κ1) is 22.3. The van der Waals surface area contributed by atoms with Gasteiger partial charge < -0.3 is 19.9 Å². The van der Waals surface area contributed by atoms with E-state index >= 15 is 0 Å². The maximum atomic E-state index is 14.1. The van der Waals surface area contributed by atoms with Crippen molar-refractivity contribution in [3.8, 4) is 28.8 Å². The summed E-state index contributed by atoms with van der Waals surface area (Å²) in [4.78, 5) is 8.49. The molecule has 4 aromatic rings. The van der Waals surface area contributed by atoms with Crippen molar-refractivity contribution < 1.29 is 27.8 Å². The first-order valence-corrected chi connectivity index (χ1v) is 10.1. The molecule has 0 aliphatic rings. The third kappa shape index (κ3) is 4.82. The lowest BCUT2D eigenvalue weighted by Gasteiger charge is -2.13. The van der Waals surface area contributed by atoms with Crippen LogP contribution in [0.3, 0.4) is 0 Å². The van der Waals surface area contributed by atoms with Crippen LogP contribution in [0.2, 0.25) is 0 Å². The standard InChI is InChI=1S/C22H20F3N5O3/c1-3-32-16-6-4-12(23)8-14(16)19-18-20(26-10-11(2)31)27-22(28-21(18)30-29-19)33-17-7-5-13(24)9-15(17)25/h4-9,11,31H,3,10H2,1-2H3,(H2,26,27,28,29,30). The summed E-state index contributed by atoms with van der Waals surface area (Å²) in [6.07, 6.45) is -0.725. The number of H-pyrrole nitrogens is 1. The van der Waals surface area contributed by atoms with Crippen LogP contribution in [0, 0.1) is 17.5 Å². The summed E-state index contributed by atoms with van der Waals surface area (Å²) in [5.41, 5.74) is 0.878. The van der Waals surface area contributed by atoms with Gasteiger partial charge in [-0.3, -0.25) is 5.10 Å². The lowest BCUT2D eigenvalue weighted by Crippen LogP contribution is -2.16. The van der Waals surface area contributed by atoms with Gasteiger partial charge in [0.25, 0.3) is 0 Å². The monoisotopic (exact) mass is 459 g/mol. The van der Waals surface area contributed by atoms with Crippen LogP contribution < -0.4 is 14.8 Å². The number of hydrogen-bond donors (Lipinski definition) is 3. The van der Waals surface area contributed by atoms with Gasteiger partial charge >= 0.3 is 6.01 Å². The summed E-state index contributed by atoms with van der Waals surface area (Å²) >= 11 is 0. The maximum absolute atomic E-state index is 14.1. The fourth-order valence-electron chi connectivity index (χ4n) is 3.15. The number of ether oxygens (including phenoxy) is 2. The molecular formula is C22H20F3N5O3. The van der Waals surface area contributed by atoms with Gasteiger partial charge in [0, 0.05) is 18.2 Å². The van der Waals surface area contributed by atoms with E-state index in [-0.39, 0.29) is 29.8 Å². The second kappa shape index (κ2) is 9.33. The van der Waals surface area contributed by atoms with Gasteiger partial charge in [-0.15, -0.1) is 0 Å². The van der Waals surface area contributed by atoms with Gasteiger partial charge in [-0.25, -0.2) is 13.2 Å². The van der Waals surface area contributed by atoms with E-state index in [9.17, 15) is 18.3 Å². The van der Waals surface area contributed by atoms with Crippen molar-refractivity contribution in [2.45, 2.75) is 20.0 Å². The zero-order valence-electron chi connectivity index (χ0n) is 17.7. The molecule has 1 atom stereocenters. The van der Waals surface area contributed by atoms with Gasteiger partial charge in [-0.05, 0) is 44.2 Å². The van der Waals surface area contributed by atoms with E-state index in [1.165, 1.54) is 18.2 Å². The highest BCUT2D eigenvalue weighted by Crippen LogP contribution is 2.37. The number of hydrogen-bond acceptors (Lipinski definition) is 7. The molecule has 11 heteroatoms. The Balaban J connectivity index is 1.84. The van der Waals surface area contributed by atoms with Gasteiger partial charge in [0.2, 0.25) is 0 Å². The van der Waals surface area contributed by atoms with E-state index in [2.05, 4.69) is 25.5 Å². The van der Waals surface area contributed by atoms with Crippen molar-refractivity contribution in [1.82, 2.24) is 20.2 Å². The summed E-state index contributed by atoms with van der Waals surface area (Å²) in [6.45, 7) is 3.84. The summed E-state index contributed by atoms with van der Waals surface area (Å²) in [7, 11) is 0. The van der Waals surface area contributed by atoms with Gasteiger partial charge in [-0.2, -0.15) is 15.1 Å². The zero-order valence-corrected chi connectivity index (χ0v) is 17.7. The Morgan fingerprint density at radius 1 is 1.06 bits per heavy atom. The van der Waals surface area contributed by atoms with E-state index in [0.29, 0.717) is 35.1 Å². The van der Waals surface area contributed by atoms with Gasteiger partial charge in [0.15, 0.2) is 17.2 Å². The van der Waals surface area contributed by atoms with Crippen molar-refractivity contribution >= 4 is 16.9 Å². The molecule has 3 N–H and O–H groups in total. The molecule has 8 nitrogen and oxygen atoms in total. The average molecular weight is 459 g/mol. The number of nitrogens with zero attached hydrogens (tertiary/aromatic N) is 3. The molecule has 2 aromatic carbocycles. The topological polar surface area (TPSA) is 105 Å². The van der Waals surface area contributed by atoms with Crippen LogP contribution in [0.15, 0.2) is 36.4 Å². The number of aromatic amines is 1. The molecule has 0 radical (unpaired) electrons. The number of benzene rings is 2. The normalized spacial score (nSPS) is 12.1. The number of fused-ring (bicyclic) bond motifs is 1. The molecule has 0 amide bonds. The maximum Gasteiger partial charge on any atom is 0.326 e. The molecule has 2 aromatic heterocycles. The molecule has 0 bridgehead atoms. The molecule has 172 valence electrons. The number of rotatable bonds is 8. The first-order chi connectivity index (χ1) is 15.9. The van der Waals surface area contributed by atoms with E-state index in [1.807, 2.05) is 0 Å². The molecule has 0 fully saturated rings. The third-order valence-electron chi connectivity index (χ3n) is 4.56. The van der Waals surface area contributed by atoms with E-state index < -0.39 is 23.6 Å². The summed E-state index contributed by atoms with van der Waals surface area (Å²) in [6, 6.07) is 6.62. The molecule has 0 aliphatic carbocycles. The van der Waals surface area contributed by atoms with Crippen LogP contribution in [-0.4, -0.2) is 44.5 Å². The van der Waals surface area contributed by atoms with Crippen LogP contribution in [-0.2, 0) is 0 Å². The largest absolute Gasteiger partial charge is 0.493 e. The number of anilines is 1. The Kier molecular flexibility index (Phi) is 6.31. The fraction of sp³-hybridized carbons (Fsp3) is 0.227. The van der Waals surface area contributed by atoms with Crippen molar-refractivity contribution in [1.29, 1.82) is 0 Å². The van der Waals surface area contributed by atoms with E-state index in [0.717, 1.165) is 12.1 Å². The minimum Gasteiger partial charge on any atom is -0.493 e. The smallest absolute Gasteiger partial charge is 0.326 e. The highest BCUT2D eigenvalue weighted by molar-refractivity contribution is 6.00. The molecule has 33 heavy (non-hydrogen) atoms. The van der Waals surface area contributed by atoms with Crippen molar-refractivity contribution in [3.63, 3.8) is 0 Å². The SMILES string of the molecule is CCOc1ccc(F)cc1-c1n[nH]c2nc(Oc3ccc(F)cc3F)nc(NCC(C)O)c12. The molecule has 4 rings (SSSR count). The van der Waals surface area contributed by atoms with Crippen LogP contribution in [0.5, 0.6) is 17.5 Å². The second-order valence-electron chi connectivity index (χ2n) is 7.13. The Hall–Kier alpha value is -3.86. The highest BCUT2D eigenvalue weighted by atomic mass is 19.1. The average Bonchev–Trinajstić information content (AvgIpc) is 3.19. The van der Waals surface area contributed by atoms with Gasteiger partial charge in [0.05, 0.1) is 18.1 Å². The summed E-state index contributed by atoms with van der Waals surface area (Å²) < 4.78 is 52.3. The van der Waals surface area contributed by atoms with Crippen molar-refractivity contribution in [2.24, 2.45) is 0 Å². The summed E-state index contributed by atoms with van der Waals surface area (Å²) in [5, 5.41) is 20.1. The van der Waals surface area contributed by atoms with Crippen LogP contribution >= 0.6 is 0 Å². The molecule has 2 heterocycles. The predicted molar refractivity (Wildman–Crippen MR) is 115 cm³/mol. The van der Waals surface area contributed by atoms with Crippen LogP contribution in [0.25, 0.3) is 22.3 Å². The lowest BCUT2D eigenvalue weighted by atomic mass is 10.1. The minimum atomic E-state index is -0.927.